The van der Waals surface area contributed by atoms with Crippen molar-refractivity contribution in [3.63, 3.8) is 0 Å². The van der Waals surface area contributed by atoms with Gasteiger partial charge in [-0.1, -0.05) is 40.6 Å². The summed E-state index contributed by atoms with van der Waals surface area (Å²) in [6.45, 7) is 3.09. The first kappa shape index (κ1) is 12.8. The van der Waals surface area contributed by atoms with Gasteiger partial charge in [-0.05, 0) is 37.0 Å². The number of hydrogen-bond donors (Lipinski definition) is 1. The van der Waals surface area contributed by atoms with Crippen LogP contribution >= 0.6 is 15.9 Å². The molecule has 0 aromatic heterocycles. The fourth-order valence-corrected chi connectivity index (χ4v) is 2.14. The lowest BCUT2D eigenvalue weighted by molar-refractivity contribution is 0.627. The minimum Gasteiger partial charge on any atom is -0.310 e. The molecule has 1 aliphatic rings. The summed E-state index contributed by atoms with van der Waals surface area (Å²) in [5.41, 5.74) is 2.39. The van der Waals surface area contributed by atoms with Crippen molar-refractivity contribution in [2.45, 2.75) is 32.2 Å². The lowest BCUT2D eigenvalue weighted by Gasteiger charge is -2.07. The Kier molecular flexibility index (Phi) is 4.35. The van der Waals surface area contributed by atoms with Crippen LogP contribution in [0.15, 0.2) is 28.2 Å². The molecule has 92 valence electrons. The third-order valence-corrected chi connectivity index (χ3v) is 3.66. The number of nitrogens with one attached hydrogen (secondary N) is 1. The largest absolute Gasteiger partial charge is 0.310 e. The monoisotopic (exact) mass is 297 g/mol. The lowest BCUT2D eigenvalue weighted by Crippen LogP contribution is -2.18. The van der Waals surface area contributed by atoms with Gasteiger partial charge in [-0.15, -0.1) is 0 Å². The maximum Gasteiger partial charge on any atom is 0.124 e. The molecular weight excluding hydrogens is 281 g/mol. The van der Waals surface area contributed by atoms with E-state index in [2.05, 4.69) is 34.2 Å². The summed E-state index contributed by atoms with van der Waals surface area (Å²) in [7, 11) is 0. The minimum absolute atomic E-state index is 0.205. The highest BCUT2D eigenvalue weighted by atomic mass is 79.9. The molecule has 1 aromatic carbocycles. The van der Waals surface area contributed by atoms with E-state index in [0.29, 0.717) is 0 Å². The molecule has 0 atom stereocenters. The van der Waals surface area contributed by atoms with Crippen LogP contribution in [-0.4, -0.2) is 12.6 Å². The molecule has 2 rings (SSSR count). The molecule has 0 bridgehead atoms. The van der Waals surface area contributed by atoms with Crippen LogP contribution in [0, 0.1) is 5.82 Å². The zero-order valence-corrected chi connectivity index (χ0v) is 11.6. The molecule has 17 heavy (non-hydrogen) atoms. The Labute approximate surface area is 110 Å². The van der Waals surface area contributed by atoms with E-state index < -0.39 is 0 Å². The first-order valence-corrected chi connectivity index (χ1v) is 6.86. The Morgan fingerprint density at radius 3 is 2.88 bits per heavy atom. The van der Waals surface area contributed by atoms with Gasteiger partial charge in [0.05, 0.1) is 0 Å². The van der Waals surface area contributed by atoms with Crippen LogP contribution in [0.2, 0.25) is 0 Å². The quantitative estimate of drug-likeness (QED) is 0.861. The van der Waals surface area contributed by atoms with Gasteiger partial charge in [-0.3, -0.25) is 0 Å². The predicted molar refractivity (Wildman–Crippen MR) is 73.4 cm³/mol. The van der Waals surface area contributed by atoms with E-state index in [-0.39, 0.29) is 5.82 Å². The number of halogens is 2. The van der Waals surface area contributed by atoms with E-state index in [1.165, 1.54) is 30.5 Å². The standard InChI is InChI=1S/C14H17BrFN/c1-2-10(9-17-13-5-6-13)7-11-3-4-12(16)8-14(11)15/h3-4,7-8,13,17H,2,5-6,9H2,1H3/b10-7-. The molecule has 0 spiro atoms. The Bertz CT molecular complexity index is 424. The molecule has 0 heterocycles. The van der Waals surface area contributed by atoms with Crippen molar-refractivity contribution in [1.82, 2.24) is 5.32 Å². The van der Waals surface area contributed by atoms with Crippen molar-refractivity contribution >= 4 is 22.0 Å². The molecular formula is C14H17BrFN. The average Bonchev–Trinajstić information content (AvgIpc) is 3.11. The zero-order valence-electron chi connectivity index (χ0n) is 9.97. The summed E-state index contributed by atoms with van der Waals surface area (Å²) in [6, 6.07) is 5.54. The maximum absolute atomic E-state index is 13.0. The Morgan fingerprint density at radius 1 is 1.53 bits per heavy atom. The van der Waals surface area contributed by atoms with Gasteiger partial charge in [0, 0.05) is 17.1 Å². The lowest BCUT2D eigenvalue weighted by atomic mass is 10.1. The summed E-state index contributed by atoms with van der Waals surface area (Å²) < 4.78 is 13.8. The van der Waals surface area contributed by atoms with Crippen LogP contribution in [-0.2, 0) is 0 Å². The number of benzene rings is 1. The first-order chi connectivity index (χ1) is 8.19. The topological polar surface area (TPSA) is 12.0 Å². The summed E-state index contributed by atoms with van der Waals surface area (Å²) >= 11 is 3.39. The van der Waals surface area contributed by atoms with Crippen LogP contribution in [0.5, 0.6) is 0 Å². The van der Waals surface area contributed by atoms with E-state index in [4.69, 9.17) is 0 Å². The summed E-state index contributed by atoms with van der Waals surface area (Å²) in [5, 5.41) is 3.50. The fourth-order valence-electron chi connectivity index (χ4n) is 1.68. The van der Waals surface area contributed by atoms with Crippen molar-refractivity contribution in [1.29, 1.82) is 0 Å². The average molecular weight is 298 g/mol. The van der Waals surface area contributed by atoms with E-state index >= 15 is 0 Å². The van der Waals surface area contributed by atoms with Gasteiger partial charge in [0.1, 0.15) is 5.82 Å². The second kappa shape index (κ2) is 5.78. The summed E-state index contributed by atoms with van der Waals surface area (Å²) in [4.78, 5) is 0. The third-order valence-electron chi connectivity index (χ3n) is 2.97. The van der Waals surface area contributed by atoms with Crippen LogP contribution in [0.25, 0.3) is 6.08 Å². The maximum atomic E-state index is 13.0. The van der Waals surface area contributed by atoms with Crippen LogP contribution in [0.4, 0.5) is 4.39 Å². The van der Waals surface area contributed by atoms with Gasteiger partial charge in [-0.25, -0.2) is 4.39 Å². The van der Waals surface area contributed by atoms with Gasteiger partial charge in [0.2, 0.25) is 0 Å². The van der Waals surface area contributed by atoms with Crippen molar-refractivity contribution < 1.29 is 4.39 Å². The first-order valence-electron chi connectivity index (χ1n) is 6.07. The minimum atomic E-state index is -0.205. The van der Waals surface area contributed by atoms with Crippen molar-refractivity contribution in [2.24, 2.45) is 0 Å². The fraction of sp³-hybridized carbons (Fsp3) is 0.429. The van der Waals surface area contributed by atoms with Gasteiger partial charge in [0.15, 0.2) is 0 Å². The molecule has 1 nitrogen and oxygen atoms in total. The molecule has 1 aliphatic carbocycles. The molecule has 1 fully saturated rings. The Hall–Kier alpha value is -0.670. The SMILES string of the molecule is CC/C(=C/c1ccc(F)cc1Br)CNC1CC1. The molecule has 0 saturated heterocycles. The Balaban J connectivity index is 2.07. The number of hydrogen-bond acceptors (Lipinski definition) is 1. The molecule has 0 aliphatic heterocycles. The van der Waals surface area contributed by atoms with E-state index in [9.17, 15) is 4.39 Å². The second-order valence-corrected chi connectivity index (χ2v) is 5.33. The van der Waals surface area contributed by atoms with Crippen LogP contribution in [0.3, 0.4) is 0 Å². The van der Waals surface area contributed by atoms with Crippen molar-refractivity contribution in [2.75, 3.05) is 6.54 Å². The van der Waals surface area contributed by atoms with E-state index in [1.807, 2.05) is 6.07 Å². The van der Waals surface area contributed by atoms with Crippen molar-refractivity contribution in [3.8, 4) is 0 Å². The van der Waals surface area contributed by atoms with Crippen LogP contribution in [0.1, 0.15) is 31.7 Å². The summed E-state index contributed by atoms with van der Waals surface area (Å²) in [6.07, 6.45) is 5.76. The molecule has 1 N–H and O–H groups in total. The summed E-state index contributed by atoms with van der Waals surface area (Å²) in [5.74, 6) is -0.205. The normalized spacial score (nSPS) is 16.3. The number of rotatable bonds is 5. The highest BCUT2D eigenvalue weighted by Crippen LogP contribution is 2.22. The molecule has 0 amide bonds. The van der Waals surface area contributed by atoms with Crippen molar-refractivity contribution in [3.05, 3.63) is 39.6 Å². The molecule has 0 radical (unpaired) electrons. The highest BCUT2D eigenvalue weighted by Gasteiger charge is 2.20. The predicted octanol–water partition coefficient (Wildman–Crippen LogP) is 4.13. The molecule has 1 saturated carbocycles. The van der Waals surface area contributed by atoms with Gasteiger partial charge in [-0.2, -0.15) is 0 Å². The molecule has 1 aromatic rings. The van der Waals surface area contributed by atoms with Gasteiger partial charge < -0.3 is 5.32 Å². The van der Waals surface area contributed by atoms with Crippen LogP contribution < -0.4 is 5.32 Å². The van der Waals surface area contributed by atoms with E-state index in [1.54, 1.807) is 0 Å². The highest BCUT2D eigenvalue weighted by molar-refractivity contribution is 9.10. The zero-order chi connectivity index (χ0) is 12.3. The van der Waals surface area contributed by atoms with Gasteiger partial charge in [0.25, 0.3) is 0 Å². The third kappa shape index (κ3) is 3.93. The molecule has 0 unspecified atom stereocenters. The smallest absolute Gasteiger partial charge is 0.124 e. The second-order valence-electron chi connectivity index (χ2n) is 4.48. The Morgan fingerprint density at radius 2 is 2.29 bits per heavy atom. The molecule has 3 heteroatoms. The van der Waals surface area contributed by atoms with E-state index in [0.717, 1.165) is 29.0 Å². The van der Waals surface area contributed by atoms with Gasteiger partial charge >= 0.3 is 0 Å².